The third-order valence-corrected chi connectivity index (χ3v) is 3.22. The third kappa shape index (κ3) is 3.01. The first-order valence-electron chi connectivity index (χ1n) is 5.56. The van der Waals surface area contributed by atoms with Crippen molar-refractivity contribution in [2.24, 2.45) is 0 Å². The lowest BCUT2D eigenvalue weighted by atomic mass is 10.1. The van der Waals surface area contributed by atoms with Crippen LogP contribution in [0.4, 0.5) is 5.69 Å². The minimum Gasteiger partial charge on any atom is -0.497 e. The standard InChI is InChI=1S/C13H16BrNO/c1-10-8-11(14)5-6-13(10)15-9-12-4-2-3-7-16-12/h3,5-8,12,15H,2,4,9H2,1H3. The molecule has 2 rings (SSSR count). The first-order valence-corrected chi connectivity index (χ1v) is 6.35. The van der Waals surface area contributed by atoms with Gasteiger partial charge in [0.1, 0.15) is 6.10 Å². The van der Waals surface area contributed by atoms with Gasteiger partial charge in [-0.2, -0.15) is 0 Å². The van der Waals surface area contributed by atoms with Crippen molar-refractivity contribution in [3.8, 4) is 0 Å². The Kier molecular flexibility index (Phi) is 3.88. The molecule has 1 aliphatic rings. The normalized spacial score (nSPS) is 19.2. The number of halogens is 1. The molecule has 0 amide bonds. The van der Waals surface area contributed by atoms with Gasteiger partial charge in [-0.25, -0.2) is 0 Å². The minimum absolute atomic E-state index is 0.299. The van der Waals surface area contributed by atoms with Gasteiger partial charge in [0.25, 0.3) is 0 Å². The third-order valence-electron chi connectivity index (χ3n) is 2.73. The van der Waals surface area contributed by atoms with Crippen molar-refractivity contribution >= 4 is 21.6 Å². The van der Waals surface area contributed by atoms with Gasteiger partial charge in [0, 0.05) is 10.2 Å². The van der Waals surface area contributed by atoms with E-state index in [9.17, 15) is 0 Å². The SMILES string of the molecule is Cc1cc(Br)ccc1NCC1CCC=CO1. The number of allylic oxidation sites excluding steroid dienone is 1. The summed E-state index contributed by atoms with van der Waals surface area (Å²) < 4.78 is 6.63. The van der Waals surface area contributed by atoms with Gasteiger partial charge < -0.3 is 10.1 Å². The summed E-state index contributed by atoms with van der Waals surface area (Å²) >= 11 is 3.46. The van der Waals surface area contributed by atoms with Gasteiger partial charge in [-0.05, 0) is 49.6 Å². The molecule has 0 saturated heterocycles. The van der Waals surface area contributed by atoms with E-state index in [2.05, 4.69) is 52.4 Å². The molecule has 0 bridgehead atoms. The van der Waals surface area contributed by atoms with Gasteiger partial charge in [0.05, 0.1) is 12.8 Å². The van der Waals surface area contributed by atoms with Gasteiger partial charge in [-0.1, -0.05) is 15.9 Å². The fourth-order valence-corrected chi connectivity index (χ4v) is 2.26. The van der Waals surface area contributed by atoms with Gasteiger partial charge in [-0.15, -0.1) is 0 Å². The summed E-state index contributed by atoms with van der Waals surface area (Å²) in [5.41, 5.74) is 2.43. The van der Waals surface area contributed by atoms with Crippen LogP contribution in [0.3, 0.4) is 0 Å². The molecule has 1 heterocycles. The van der Waals surface area contributed by atoms with Crippen LogP contribution in [0.5, 0.6) is 0 Å². The van der Waals surface area contributed by atoms with Gasteiger partial charge in [0.15, 0.2) is 0 Å². The van der Waals surface area contributed by atoms with Crippen LogP contribution in [0.25, 0.3) is 0 Å². The van der Waals surface area contributed by atoms with Gasteiger partial charge >= 0.3 is 0 Å². The van der Waals surface area contributed by atoms with Crippen molar-refractivity contribution in [2.75, 3.05) is 11.9 Å². The van der Waals surface area contributed by atoms with E-state index in [1.807, 2.05) is 6.26 Å². The van der Waals surface area contributed by atoms with Gasteiger partial charge in [-0.3, -0.25) is 0 Å². The zero-order chi connectivity index (χ0) is 11.4. The predicted octanol–water partition coefficient (Wildman–Crippen LogP) is 3.86. The Morgan fingerprint density at radius 1 is 1.50 bits per heavy atom. The van der Waals surface area contributed by atoms with E-state index >= 15 is 0 Å². The number of aryl methyl sites for hydroxylation is 1. The fraction of sp³-hybridized carbons (Fsp3) is 0.385. The molecular formula is C13H16BrNO. The van der Waals surface area contributed by atoms with E-state index in [0.717, 1.165) is 23.9 Å². The summed E-state index contributed by atoms with van der Waals surface area (Å²) in [5.74, 6) is 0. The smallest absolute Gasteiger partial charge is 0.115 e. The van der Waals surface area contributed by atoms with Crippen LogP contribution >= 0.6 is 15.9 Å². The number of hydrogen-bond acceptors (Lipinski definition) is 2. The van der Waals surface area contributed by atoms with Crippen molar-refractivity contribution < 1.29 is 4.74 Å². The molecule has 1 aromatic rings. The molecule has 1 unspecified atom stereocenters. The molecule has 1 atom stereocenters. The number of ether oxygens (including phenoxy) is 1. The Morgan fingerprint density at radius 3 is 3.06 bits per heavy atom. The molecule has 0 radical (unpaired) electrons. The molecule has 2 nitrogen and oxygen atoms in total. The van der Waals surface area contributed by atoms with E-state index in [4.69, 9.17) is 4.74 Å². The minimum atomic E-state index is 0.299. The van der Waals surface area contributed by atoms with Crippen molar-refractivity contribution in [2.45, 2.75) is 25.9 Å². The highest BCUT2D eigenvalue weighted by Crippen LogP contribution is 2.20. The maximum absolute atomic E-state index is 5.51. The fourth-order valence-electron chi connectivity index (χ4n) is 1.78. The second kappa shape index (κ2) is 5.39. The molecule has 0 saturated carbocycles. The largest absolute Gasteiger partial charge is 0.497 e. The summed E-state index contributed by atoms with van der Waals surface area (Å²) in [6, 6.07) is 6.26. The van der Waals surface area contributed by atoms with E-state index in [1.165, 1.54) is 11.3 Å². The van der Waals surface area contributed by atoms with Crippen molar-refractivity contribution in [3.05, 3.63) is 40.6 Å². The summed E-state index contributed by atoms with van der Waals surface area (Å²) in [4.78, 5) is 0. The summed E-state index contributed by atoms with van der Waals surface area (Å²) in [6.07, 6.45) is 6.39. The number of nitrogens with one attached hydrogen (secondary N) is 1. The summed E-state index contributed by atoms with van der Waals surface area (Å²) in [6.45, 7) is 2.97. The molecule has 1 aliphatic heterocycles. The highest BCUT2D eigenvalue weighted by molar-refractivity contribution is 9.10. The van der Waals surface area contributed by atoms with Gasteiger partial charge in [0.2, 0.25) is 0 Å². The summed E-state index contributed by atoms with van der Waals surface area (Å²) in [7, 11) is 0. The highest BCUT2D eigenvalue weighted by atomic mass is 79.9. The van der Waals surface area contributed by atoms with Crippen LogP contribution in [-0.4, -0.2) is 12.6 Å². The molecule has 16 heavy (non-hydrogen) atoms. The number of benzene rings is 1. The second-order valence-corrected chi connectivity index (χ2v) is 4.96. The molecular weight excluding hydrogens is 266 g/mol. The molecule has 1 aromatic carbocycles. The number of hydrogen-bond donors (Lipinski definition) is 1. The molecule has 86 valence electrons. The second-order valence-electron chi connectivity index (χ2n) is 4.05. The first kappa shape index (κ1) is 11.5. The quantitative estimate of drug-likeness (QED) is 0.908. The predicted molar refractivity (Wildman–Crippen MR) is 70.6 cm³/mol. The maximum Gasteiger partial charge on any atom is 0.115 e. The van der Waals surface area contributed by atoms with Crippen molar-refractivity contribution in [3.63, 3.8) is 0 Å². The van der Waals surface area contributed by atoms with Crippen LogP contribution in [0, 0.1) is 6.92 Å². The van der Waals surface area contributed by atoms with Crippen LogP contribution < -0.4 is 5.32 Å². The van der Waals surface area contributed by atoms with E-state index in [1.54, 1.807) is 0 Å². The lowest BCUT2D eigenvalue weighted by Gasteiger charge is -2.20. The molecule has 0 spiro atoms. The number of anilines is 1. The zero-order valence-corrected chi connectivity index (χ0v) is 11.0. The lowest BCUT2D eigenvalue weighted by molar-refractivity contribution is 0.135. The Labute approximate surface area is 105 Å². The molecule has 0 fully saturated rings. The maximum atomic E-state index is 5.51. The van der Waals surface area contributed by atoms with Crippen LogP contribution in [-0.2, 0) is 4.74 Å². The Hall–Kier alpha value is -0.960. The topological polar surface area (TPSA) is 21.3 Å². The average molecular weight is 282 g/mol. The van der Waals surface area contributed by atoms with Crippen LogP contribution in [0.2, 0.25) is 0 Å². The van der Waals surface area contributed by atoms with Crippen LogP contribution in [0.1, 0.15) is 18.4 Å². The molecule has 1 N–H and O–H groups in total. The van der Waals surface area contributed by atoms with Crippen molar-refractivity contribution in [1.82, 2.24) is 0 Å². The van der Waals surface area contributed by atoms with Crippen molar-refractivity contribution in [1.29, 1.82) is 0 Å². The monoisotopic (exact) mass is 281 g/mol. The average Bonchev–Trinajstić information content (AvgIpc) is 2.29. The van der Waals surface area contributed by atoms with E-state index in [-0.39, 0.29) is 0 Å². The molecule has 0 aromatic heterocycles. The number of rotatable bonds is 3. The molecule has 3 heteroatoms. The Morgan fingerprint density at radius 2 is 2.38 bits per heavy atom. The van der Waals surface area contributed by atoms with Crippen LogP contribution in [0.15, 0.2) is 35.0 Å². The Bertz CT molecular complexity index is 390. The Balaban J connectivity index is 1.91. The highest BCUT2D eigenvalue weighted by Gasteiger charge is 2.10. The summed E-state index contributed by atoms with van der Waals surface area (Å²) in [5, 5.41) is 3.43. The zero-order valence-electron chi connectivity index (χ0n) is 9.37. The lowest BCUT2D eigenvalue weighted by Crippen LogP contribution is -2.23. The molecule has 0 aliphatic carbocycles. The first-order chi connectivity index (χ1) is 7.75. The van der Waals surface area contributed by atoms with E-state index in [0.29, 0.717) is 6.10 Å². The van der Waals surface area contributed by atoms with E-state index < -0.39 is 0 Å².